The topological polar surface area (TPSA) is 9.23 Å². The lowest BCUT2D eigenvalue weighted by Crippen LogP contribution is -2.24. The lowest BCUT2D eigenvalue weighted by Gasteiger charge is -2.27. The number of hydrogen-bond donors (Lipinski definition) is 0. The predicted molar refractivity (Wildman–Crippen MR) is 68.0 cm³/mol. The molecule has 94 valence electrons. The lowest BCUT2D eigenvalue weighted by atomic mass is 9.89. The maximum atomic E-state index is 13.3. The molecule has 0 amide bonds. The van der Waals surface area contributed by atoms with Crippen molar-refractivity contribution in [3.8, 4) is 5.75 Å². The minimum atomic E-state index is -0.276. The highest BCUT2D eigenvalue weighted by Crippen LogP contribution is 2.28. The van der Waals surface area contributed by atoms with Crippen LogP contribution in [-0.2, 0) is 5.88 Å². The highest BCUT2D eigenvalue weighted by Gasteiger charge is 2.20. The smallest absolute Gasteiger partial charge is 0.127 e. The zero-order valence-electron chi connectivity index (χ0n) is 10.1. The molecule has 0 N–H and O–H groups in total. The summed E-state index contributed by atoms with van der Waals surface area (Å²) < 4.78 is 19.2. The van der Waals surface area contributed by atoms with Gasteiger partial charge in [0, 0.05) is 11.9 Å². The van der Waals surface area contributed by atoms with Crippen LogP contribution in [0.25, 0.3) is 0 Å². The molecule has 1 aliphatic carbocycles. The molecular formula is C14H18ClFO. The number of hydrogen-bond acceptors (Lipinski definition) is 1. The van der Waals surface area contributed by atoms with Crippen LogP contribution in [0, 0.1) is 11.7 Å². The molecule has 3 heteroatoms. The molecule has 0 saturated heterocycles. The molecule has 17 heavy (non-hydrogen) atoms. The third-order valence-electron chi connectivity index (χ3n) is 3.28. The summed E-state index contributed by atoms with van der Waals surface area (Å²) in [4.78, 5) is 0. The zero-order valence-corrected chi connectivity index (χ0v) is 10.8. The fourth-order valence-electron chi connectivity index (χ4n) is 2.44. The summed E-state index contributed by atoms with van der Waals surface area (Å²) in [6.45, 7) is 2.24. The van der Waals surface area contributed by atoms with Gasteiger partial charge in [0.1, 0.15) is 11.6 Å². The second-order valence-electron chi connectivity index (χ2n) is 4.94. The van der Waals surface area contributed by atoms with E-state index in [4.69, 9.17) is 16.3 Å². The van der Waals surface area contributed by atoms with Crippen molar-refractivity contribution in [3.63, 3.8) is 0 Å². The molecule has 0 aliphatic heterocycles. The van der Waals surface area contributed by atoms with Gasteiger partial charge in [-0.3, -0.25) is 0 Å². The number of ether oxygens (including phenoxy) is 1. The van der Waals surface area contributed by atoms with Crippen molar-refractivity contribution in [3.05, 3.63) is 29.6 Å². The van der Waals surface area contributed by atoms with Gasteiger partial charge in [0.05, 0.1) is 6.10 Å². The van der Waals surface area contributed by atoms with Crippen LogP contribution in [0.1, 0.15) is 38.2 Å². The summed E-state index contributed by atoms with van der Waals surface area (Å²) in [6.07, 6.45) is 4.83. The Labute approximate surface area is 107 Å². The van der Waals surface area contributed by atoms with Crippen LogP contribution < -0.4 is 4.74 Å². The van der Waals surface area contributed by atoms with Crippen molar-refractivity contribution in [2.75, 3.05) is 0 Å². The first-order valence-corrected chi connectivity index (χ1v) is 6.73. The van der Waals surface area contributed by atoms with Gasteiger partial charge in [0.25, 0.3) is 0 Å². The average molecular weight is 257 g/mol. The van der Waals surface area contributed by atoms with Gasteiger partial charge in [-0.1, -0.05) is 13.3 Å². The molecule has 0 aromatic heterocycles. The molecule has 1 aromatic rings. The first-order valence-electron chi connectivity index (χ1n) is 6.19. The van der Waals surface area contributed by atoms with Gasteiger partial charge < -0.3 is 4.74 Å². The van der Waals surface area contributed by atoms with Crippen molar-refractivity contribution >= 4 is 11.6 Å². The zero-order chi connectivity index (χ0) is 12.3. The van der Waals surface area contributed by atoms with E-state index in [1.807, 2.05) is 6.07 Å². The molecule has 2 unspecified atom stereocenters. The van der Waals surface area contributed by atoms with E-state index < -0.39 is 0 Å². The van der Waals surface area contributed by atoms with Crippen molar-refractivity contribution < 1.29 is 9.13 Å². The van der Waals surface area contributed by atoms with E-state index in [1.165, 1.54) is 25.0 Å². The van der Waals surface area contributed by atoms with E-state index in [2.05, 4.69) is 6.92 Å². The van der Waals surface area contributed by atoms with E-state index in [-0.39, 0.29) is 11.9 Å². The normalized spacial score (nSPS) is 24.6. The van der Waals surface area contributed by atoms with Gasteiger partial charge >= 0.3 is 0 Å². The van der Waals surface area contributed by atoms with Crippen LogP contribution >= 0.6 is 11.6 Å². The predicted octanol–water partition coefficient (Wildman–Crippen LogP) is 4.52. The largest absolute Gasteiger partial charge is 0.490 e. The number of rotatable bonds is 3. The van der Waals surface area contributed by atoms with E-state index in [0.29, 0.717) is 17.5 Å². The molecular weight excluding hydrogens is 239 g/mol. The fraction of sp³-hybridized carbons (Fsp3) is 0.571. The third-order valence-corrected chi connectivity index (χ3v) is 3.59. The molecule has 1 aliphatic rings. The third kappa shape index (κ3) is 3.60. The van der Waals surface area contributed by atoms with Crippen molar-refractivity contribution in [2.45, 2.75) is 44.6 Å². The molecule has 0 radical (unpaired) electrons. The maximum Gasteiger partial charge on any atom is 0.127 e. The molecule has 1 saturated carbocycles. The maximum absolute atomic E-state index is 13.3. The number of halogens is 2. The van der Waals surface area contributed by atoms with Crippen LogP contribution in [0.5, 0.6) is 5.75 Å². The quantitative estimate of drug-likeness (QED) is 0.723. The van der Waals surface area contributed by atoms with E-state index in [9.17, 15) is 4.39 Å². The van der Waals surface area contributed by atoms with Crippen molar-refractivity contribution in [2.24, 2.45) is 5.92 Å². The molecule has 0 bridgehead atoms. The van der Waals surface area contributed by atoms with E-state index in [0.717, 1.165) is 18.4 Å². The van der Waals surface area contributed by atoms with E-state index >= 15 is 0 Å². The number of alkyl halides is 1. The van der Waals surface area contributed by atoms with Gasteiger partial charge in [0.15, 0.2) is 0 Å². The van der Waals surface area contributed by atoms with Gasteiger partial charge in [-0.25, -0.2) is 4.39 Å². The molecule has 1 fully saturated rings. The highest BCUT2D eigenvalue weighted by atomic mass is 35.5. The monoisotopic (exact) mass is 256 g/mol. The second-order valence-corrected chi connectivity index (χ2v) is 5.21. The highest BCUT2D eigenvalue weighted by molar-refractivity contribution is 6.17. The van der Waals surface area contributed by atoms with Gasteiger partial charge in [0.2, 0.25) is 0 Å². The molecule has 0 heterocycles. The fourth-order valence-corrected chi connectivity index (χ4v) is 2.60. The average Bonchev–Trinajstić information content (AvgIpc) is 2.28. The van der Waals surface area contributed by atoms with Crippen LogP contribution in [0.15, 0.2) is 18.2 Å². The summed E-state index contributed by atoms with van der Waals surface area (Å²) in [5, 5.41) is 0. The Balaban J connectivity index is 2.04. The van der Waals surface area contributed by atoms with Gasteiger partial charge in [-0.15, -0.1) is 11.6 Å². The van der Waals surface area contributed by atoms with Gasteiger partial charge in [-0.2, -0.15) is 0 Å². The van der Waals surface area contributed by atoms with Crippen molar-refractivity contribution in [1.29, 1.82) is 0 Å². The Kier molecular flexibility index (Phi) is 4.27. The molecule has 1 nitrogen and oxygen atoms in total. The van der Waals surface area contributed by atoms with Crippen LogP contribution in [0.2, 0.25) is 0 Å². The Bertz CT molecular complexity index is 380. The van der Waals surface area contributed by atoms with Crippen molar-refractivity contribution in [1.82, 2.24) is 0 Å². The Morgan fingerprint density at radius 3 is 2.88 bits per heavy atom. The lowest BCUT2D eigenvalue weighted by molar-refractivity contribution is 0.128. The molecule has 2 atom stereocenters. The minimum Gasteiger partial charge on any atom is -0.490 e. The second kappa shape index (κ2) is 5.72. The first kappa shape index (κ1) is 12.7. The number of benzene rings is 1. The molecule has 1 aromatic carbocycles. The van der Waals surface area contributed by atoms with Crippen LogP contribution in [0.3, 0.4) is 0 Å². The summed E-state index contributed by atoms with van der Waals surface area (Å²) in [6, 6.07) is 4.72. The van der Waals surface area contributed by atoms with Crippen LogP contribution in [-0.4, -0.2) is 6.10 Å². The first-order chi connectivity index (χ1) is 8.17. The Morgan fingerprint density at radius 1 is 1.35 bits per heavy atom. The molecule has 0 spiro atoms. The standard InChI is InChI=1S/C14H18ClFO/c1-10-3-2-4-13(5-10)17-14-7-11(9-15)6-12(16)8-14/h6-8,10,13H,2-5,9H2,1H3. The van der Waals surface area contributed by atoms with E-state index in [1.54, 1.807) is 0 Å². The Morgan fingerprint density at radius 2 is 2.18 bits per heavy atom. The van der Waals surface area contributed by atoms with Gasteiger partial charge in [-0.05, 0) is 42.9 Å². The summed E-state index contributed by atoms with van der Waals surface area (Å²) in [5.74, 6) is 1.35. The van der Waals surface area contributed by atoms with Crippen LogP contribution in [0.4, 0.5) is 4.39 Å². The summed E-state index contributed by atoms with van der Waals surface area (Å²) >= 11 is 5.71. The SMILES string of the molecule is CC1CCCC(Oc2cc(F)cc(CCl)c2)C1. The minimum absolute atomic E-state index is 0.226. The summed E-state index contributed by atoms with van der Waals surface area (Å²) in [5.41, 5.74) is 0.769. The summed E-state index contributed by atoms with van der Waals surface area (Å²) in [7, 11) is 0. The molecule has 2 rings (SSSR count). The Hall–Kier alpha value is -0.760.